The van der Waals surface area contributed by atoms with Crippen LogP contribution in [0.5, 0.6) is 5.75 Å². The molecule has 0 fully saturated rings. The molecule has 0 atom stereocenters. The van der Waals surface area contributed by atoms with Gasteiger partial charge in [0.15, 0.2) is 5.82 Å². The summed E-state index contributed by atoms with van der Waals surface area (Å²) < 4.78 is 7.76. The smallest absolute Gasteiger partial charge is 0.156 e. The molecule has 0 N–H and O–H groups in total. The van der Waals surface area contributed by atoms with Crippen LogP contribution in [0.1, 0.15) is 16.7 Å². The predicted octanol–water partition coefficient (Wildman–Crippen LogP) is 7.43. The summed E-state index contributed by atoms with van der Waals surface area (Å²) in [6.45, 7) is 2.44. The largest absolute Gasteiger partial charge is 0.488 e. The minimum atomic E-state index is 0.370. The zero-order chi connectivity index (χ0) is 24.0. The Morgan fingerprint density at radius 2 is 1.74 bits per heavy atom. The Balaban J connectivity index is 1.41. The summed E-state index contributed by atoms with van der Waals surface area (Å²) in [7, 11) is 0. The maximum Gasteiger partial charge on any atom is 0.156 e. The number of benzene rings is 3. The van der Waals surface area contributed by atoms with E-state index in [0.717, 1.165) is 28.1 Å². The van der Waals surface area contributed by atoms with E-state index in [1.165, 1.54) is 5.56 Å². The first-order chi connectivity index (χ1) is 17.2. The lowest BCUT2D eigenvalue weighted by Crippen LogP contribution is -1.97. The lowest BCUT2D eigenvalue weighted by molar-refractivity contribution is 0.306. The fourth-order valence-corrected chi connectivity index (χ4v) is 3.76. The lowest BCUT2D eigenvalue weighted by atomic mass is 10.1. The fraction of sp³-hybridized carbons (Fsp3) is 0.0667. The molecular weight excluding hydrogens is 454 g/mol. The number of para-hydroxylation sites is 1. The Morgan fingerprint density at radius 1 is 0.971 bits per heavy atom. The van der Waals surface area contributed by atoms with Crippen molar-refractivity contribution in [2.24, 2.45) is 4.99 Å². The molecule has 0 saturated heterocycles. The van der Waals surface area contributed by atoms with Crippen molar-refractivity contribution in [3.63, 3.8) is 0 Å². The van der Waals surface area contributed by atoms with Gasteiger partial charge in [-0.2, -0.15) is 5.10 Å². The van der Waals surface area contributed by atoms with Gasteiger partial charge in [-0.1, -0.05) is 90.0 Å². The second-order valence-electron chi connectivity index (χ2n) is 8.06. The van der Waals surface area contributed by atoms with Crippen molar-refractivity contribution in [1.29, 1.82) is 0 Å². The van der Waals surface area contributed by atoms with Crippen molar-refractivity contribution in [2.75, 3.05) is 0 Å². The van der Waals surface area contributed by atoms with E-state index in [0.29, 0.717) is 23.2 Å². The van der Waals surface area contributed by atoms with Crippen LogP contribution < -0.4 is 4.74 Å². The average molecular weight is 476 g/mol. The molecule has 1 aromatic heterocycles. The molecule has 0 aliphatic rings. The topological polar surface area (TPSA) is 39.4 Å². The van der Waals surface area contributed by atoms with Gasteiger partial charge in [0, 0.05) is 40.1 Å². The Labute approximate surface area is 210 Å². The summed E-state index contributed by atoms with van der Waals surface area (Å²) in [4.78, 5) is 4.74. The maximum absolute atomic E-state index is 6.24. The molecule has 1 heterocycles. The van der Waals surface area contributed by atoms with Crippen LogP contribution >= 0.6 is 11.6 Å². The third kappa shape index (κ3) is 5.43. The number of ether oxygens (including phenoxy) is 1. The second kappa shape index (κ2) is 10.3. The van der Waals surface area contributed by atoms with Crippen molar-refractivity contribution in [2.45, 2.75) is 13.5 Å². The van der Waals surface area contributed by atoms with Crippen LogP contribution in [0.3, 0.4) is 0 Å². The molecule has 5 rings (SSSR count). The van der Waals surface area contributed by atoms with Gasteiger partial charge in [0.05, 0.1) is 11.4 Å². The first-order valence-corrected chi connectivity index (χ1v) is 11.6. The molecule has 4 nitrogen and oxygen atoms in total. The highest BCUT2D eigenvalue weighted by molar-refractivity contribution is 6.31. The molecular formula is C30H22ClN3O. The van der Waals surface area contributed by atoms with E-state index in [1.54, 1.807) is 12.3 Å². The van der Waals surface area contributed by atoms with Crippen molar-refractivity contribution in [3.8, 4) is 22.7 Å². The molecule has 5 heteroatoms. The van der Waals surface area contributed by atoms with Crippen molar-refractivity contribution in [3.05, 3.63) is 131 Å². The quantitative estimate of drug-likeness (QED) is 0.229. The van der Waals surface area contributed by atoms with Crippen LogP contribution in [0.15, 0.2) is 102 Å². The Morgan fingerprint density at radius 3 is 2.54 bits per heavy atom. The number of halogens is 1. The molecule has 0 radical (unpaired) electrons. The van der Waals surface area contributed by atoms with Crippen molar-refractivity contribution < 1.29 is 4.74 Å². The van der Waals surface area contributed by atoms with E-state index in [2.05, 4.69) is 43.3 Å². The van der Waals surface area contributed by atoms with Crippen molar-refractivity contribution in [1.82, 2.24) is 9.78 Å². The first-order valence-electron chi connectivity index (χ1n) is 11.2. The second-order valence-corrected chi connectivity index (χ2v) is 8.46. The zero-order valence-corrected chi connectivity index (χ0v) is 19.9. The third-order valence-corrected chi connectivity index (χ3v) is 5.82. The van der Waals surface area contributed by atoms with E-state index in [1.807, 2.05) is 71.4 Å². The summed E-state index contributed by atoms with van der Waals surface area (Å²) >= 11 is 6.24. The van der Waals surface area contributed by atoms with Gasteiger partial charge in [-0.25, -0.2) is 9.67 Å². The zero-order valence-electron chi connectivity index (χ0n) is 19.1. The minimum Gasteiger partial charge on any atom is -0.488 e. The summed E-state index contributed by atoms with van der Waals surface area (Å²) in [5.41, 5.74) is 5.71. The normalized spacial score (nSPS) is 10.9. The van der Waals surface area contributed by atoms with Crippen LogP contribution in [0.2, 0.25) is 5.02 Å². The number of hydrogen-bond acceptors (Lipinski definition) is 3. The van der Waals surface area contributed by atoms with E-state index >= 15 is 0 Å². The van der Waals surface area contributed by atoms with Gasteiger partial charge in [0.25, 0.3) is 0 Å². The molecule has 0 aliphatic carbocycles. The number of rotatable bonds is 7. The number of hydrogen-bond donors (Lipinski definition) is 0. The van der Waals surface area contributed by atoms with Crippen molar-refractivity contribution >= 4 is 23.6 Å². The van der Waals surface area contributed by atoms with Crippen LogP contribution in [0.4, 0.5) is 5.82 Å². The Hall–Kier alpha value is -4.33. The number of aliphatic imine (C=N–C) groups is 1. The van der Waals surface area contributed by atoms with Gasteiger partial charge in [-0.05, 0) is 31.2 Å². The van der Waals surface area contributed by atoms with Crippen LogP contribution in [0, 0.1) is 19.1 Å². The molecule has 0 saturated carbocycles. The maximum atomic E-state index is 6.24. The predicted molar refractivity (Wildman–Crippen MR) is 141 cm³/mol. The van der Waals surface area contributed by atoms with E-state index < -0.39 is 0 Å². The van der Waals surface area contributed by atoms with Gasteiger partial charge in [-0.3, -0.25) is 0 Å². The SMILES string of the molecule is Cc1ccc(-c2cc(N=Cc3c#ccc(OCc4ccccc4Cl)c3)n(-c3ccccc3)n2)cc1. The van der Waals surface area contributed by atoms with E-state index in [9.17, 15) is 0 Å². The molecule has 170 valence electrons. The molecule has 0 bridgehead atoms. The average Bonchev–Trinajstić information content (AvgIpc) is 3.32. The molecule has 0 aliphatic heterocycles. The molecule has 0 amide bonds. The standard InChI is InChI=1S/C30H22ClN3O/c1-22-14-16-24(17-15-22)29-19-30(34(33-29)26-10-3-2-4-11-26)32-20-23-8-7-12-27(18-23)35-21-25-9-5-6-13-28(25)31/h2-6,9-20H,21H2,1H3. The molecule has 0 unspecified atom stereocenters. The highest BCUT2D eigenvalue weighted by Crippen LogP contribution is 2.27. The van der Waals surface area contributed by atoms with Crippen LogP contribution in [0.25, 0.3) is 16.9 Å². The number of aromatic nitrogens is 2. The van der Waals surface area contributed by atoms with Crippen LogP contribution in [-0.4, -0.2) is 16.0 Å². The van der Waals surface area contributed by atoms with Gasteiger partial charge in [0.1, 0.15) is 12.4 Å². The summed E-state index contributed by atoms with van der Waals surface area (Å²) in [5.74, 6) is 1.38. The molecule has 4 aromatic carbocycles. The van der Waals surface area contributed by atoms with E-state index in [4.69, 9.17) is 26.4 Å². The lowest BCUT2D eigenvalue weighted by Gasteiger charge is -2.07. The molecule has 0 spiro atoms. The summed E-state index contributed by atoms with van der Waals surface area (Å²) in [6.07, 6.45) is 1.74. The summed E-state index contributed by atoms with van der Waals surface area (Å²) in [6, 6.07) is 37.6. The van der Waals surface area contributed by atoms with Gasteiger partial charge >= 0.3 is 0 Å². The minimum absolute atomic E-state index is 0.370. The third-order valence-electron chi connectivity index (χ3n) is 5.46. The first kappa shape index (κ1) is 22.5. The van der Waals surface area contributed by atoms with Gasteiger partial charge < -0.3 is 4.74 Å². The van der Waals surface area contributed by atoms with E-state index in [-0.39, 0.29) is 0 Å². The van der Waals surface area contributed by atoms with Crippen LogP contribution in [-0.2, 0) is 6.61 Å². The fourth-order valence-electron chi connectivity index (χ4n) is 3.57. The number of aryl methyl sites for hydroxylation is 1. The Bertz CT molecular complexity index is 1460. The molecule has 5 aromatic rings. The Kier molecular flexibility index (Phi) is 6.61. The van der Waals surface area contributed by atoms with Gasteiger partial charge in [0.2, 0.25) is 0 Å². The molecule has 35 heavy (non-hydrogen) atoms. The van der Waals surface area contributed by atoms with Gasteiger partial charge in [-0.15, -0.1) is 0 Å². The highest BCUT2D eigenvalue weighted by atomic mass is 35.5. The number of nitrogens with zero attached hydrogens (tertiary/aromatic N) is 3. The highest BCUT2D eigenvalue weighted by Gasteiger charge is 2.10. The monoisotopic (exact) mass is 475 g/mol. The summed E-state index contributed by atoms with van der Waals surface area (Å²) in [5, 5.41) is 5.51.